The predicted octanol–water partition coefficient (Wildman–Crippen LogP) is 4.33. The van der Waals surface area contributed by atoms with Crippen LogP contribution in [-0.4, -0.2) is 23.9 Å². The first-order valence-electron chi connectivity index (χ1n) is 7.69. The van der Waals surface area contributed by atoms with Gasteiger partial charge >= 0.3 is 0 Å². The Hall–Kier alpha value is -1.91. The van der Waals surface area contributed by atoms with Crippen LogP contribution in [0.1, 0.15) is 28.8 Å². The minimum atomic E-state index is -0.459. The van der Waals surface area contributed by atoms with Crippen LogP contribution in [0, 0.1) is 5.82 Å². The molecule has 1 heterocycles. The summed E-state index contributed by atoms with van der Waals surface area (Å²) in [5.74, 6) is -0.799. The van der Waals surface area contributed by atoms with Crippen LogP contribution >= 0.6 is 11.6 Å². The number of hydrogen-bond acceptors (Lipinski definition) is 2. The lowest BCUT2D eigenvalue weighted by Crippen LogP contribution is -2.18. The summed E-state index contributed by atoms with van der Waals surface area (Å²) in [4.78, 5) is 14.7. The Morgan fingerprint density at radius 3 is 2.70 bits per heavy atom. The van der Waals surface area contributed by atoms with Crippen molar-refractivity contribution in [1.82, 2.24) is 4.90 Å². The van der Waals surface area contributed by atoms with Crippen molar-refractivity contribution in [2.75, 3.05) is 18.4 Å². The highest BCUT2D eigenvalue weighted by Crippen LogP contribution is 2.20. The summed E-state index contributed by atoms with van der Waals surface area (Å²) < 4.78 is 13.1. The second-order valence-electron chi connectivity index (χ2n) is 5.76. The third kappa shape index (κ3) is 4.09. The Morgan fingerprint density at radius 1 is 1.17 bits per heavy atom. The maximum absolute atomic E-state index is 13.1. The van der Waals surface area contributed by atoms with E-state index < -0.39 is 5.82 Å². The molecule has 0 unspecified atom stereocenters. The van der Waals surface area contributed by atoms with E-state index in [2.05, 4.69) is 16.3 Å². The lowest BCUT2D eigenvalue weighted by molar-refractivity contribution is 0.102. The van der Waals surface area contributed by atoms with E-state index >= 15 is 0 Å². The Balaban J connectivity index is 1.70. The molecule has 5 heteroatoms. The van der Waals surface area contributed by atoms with Crippen molar-refractivity contribution in [2.45, 2.75) is 19.4 Å². The fourth-order valence-corrected chi connectivity index (χ4v) is 3.07. The van der Waals surface area contributed by atoms with Crippen molar-refractivity contribution in [3.05, 3.63) is 64.4 Å². The molecule has 1 aliphatic rings. The number of hydrogen-bond donors (Lipinski definition) is 1. The van der Waals surface area contributed by atoms with Crippen LogP contribution in [0.3, 0.4) is 0 Å². The van der Waals surface area contributed by atoms with Gasteiger partial charge in [-0.15, -0.1) is 0 Å². The smallest absolute Gasteiger partial charge is 0.257 e. The summed E-state index contributed by atoms with van der Waals surface area (Å²) in [5.41, 5.74) is 2.14. The van der Waals surface area contributed by atoms with E-state index in [4.69, 9.17) is 11.6 Å². The highest BCUT2D eigenvalue weighted by molar-refractivity contribution is 6.34. The molecule has 1 fully saturated rings. The molecular weight excluding hydrogens is 315 g/mol. The number of nitrogens with zero attached hydrogens (tertiary/aromatic N) is 1. The van der Waals surface area contributed by atoms with E-state index in [0.717, 1.165) is 31.3 Å². The molecule has 0 saturated carbocycles. The SMILES string of the molecule is O=C(Nc1cccc(CN2CCCC2)c1)c1ccc(F)cc1Cl. The van der Waals surface area contributed by atoms with Crippen molar-refractivity contribution in [2.24, 2.45) is 0 Å². The second-order valence-corrected chi connectivity index (χ2v) is 6.17. The summed E-state index contributed by atoms with van der Waals surface area (Å²) in [7, 11) is 0. The number of rotatable bonds is 4. The molecule has 0 atom stereocenters. The number of carbonyl (C=O) groups excluding carboxylic acids is 1. The first-order valence-corrected chi connectivity index (χ1v) is 8.07. The number of halogens is 2. The average molecular weight is 333 g/mol. The van der Waals surface area contributed by atoms with Crippen LogP contribution in [0.4, 0.5) is 10.1 Å². The fourth-order valence-electron chi connectivity index (χ4n) is 2.82. The van der Waals surface area contributed by atoms with Gasteiger partial charge in [0.15, 0.2) is 0 Å². The molecule has 1 aliphatic heterocycles. The molecule has 0 aliphatic carbocycles. The molecule has 1 saturated heterocycles. The first kappa shape index (κ1) is 16.0. The van der Waals surface area contributed by atoms with Gasteiger partial charge in [-0.25, -0.2) is 4.39 Å². The summed E-state index contributed by atoms with van der Waals surface area (Å²) >= 11 is 5.93. The van der Waals surface area contributed by atoms with Crippen LogP contribution in [-0.2, 0) is 6.54 Å². The third-order valence-corrected chi connectivity index (χ3v) is 4.28. The fraction of sp³-hybridized carbons (Fsp3) is 0.278. The largest absolute Gasteiger partial charge is 0.322 e. The Kier molecular flexibility index (Phi) is 4.94. The van der Waals surface area contributed by atoms with Crippen LogP contribution in [0.2, 0.25) is 5.02 Å². The molecule has 2 aromatic carbocycles. The van der Waals surface area contributed by atoms with Gasteiger partial charge in [0.2, 0.25) is 0 Å². The van der Waals surface area contributed by atoms with Crippen LogP contribution in [0.25, 0.3) is 0 Å². The average Bonchev–Trinajstić information content (AvgIpc) is 3.00. The van der Waals surface area contributed by atoms with E-state index in [-0.39, 0.29) is 16.5 Å². The Morgan fingerprint density at radius 2 is 1.96 bits per heavy atom. The monoisotopic (exact) mass is 332 g/mol. The topological polar surface area (TPSA) is 32.3 Å². The van der Waals surface area contributed by atoms with Gasteiger partial charge < -0.3 is 5.32 Å². The maximum atomic E-state index is 13.1. The van der Waals surface area contributed by atoms with Crippen molar-refractivity contribution in [3.63, 3.8) is 0 Å². The number of carbonyl (C=O) groups is 1. The molecule has 1 N–H and O–H groups in total. The van der Waals surface area contributed by atoms with E-state index in [1.807, 2.05) is 18.2 Å². The number of benzene rings is 2. The minimum Gasteiger partial charge on any atom is -0.322 e. The zero-order valence-electron chi connectivity index (χ0n) is 12.7. The summed E-state index contributed by atoms with van der Waals surface area (Å²) in [6.45, 7) is 3.14. The molecular formula is C18H18ClFN2O. The number of amides is 1. The first-order chi connectivity index (χ1) is 11.1. The minimum absolute atomic E-state index is 0.107. The second kappa shape index (κ2) is 7.11. The third-order valence-electron chi connectivity index (χ3n) is 3.97. The molecule has 3 nitrogen and oxygen atoms in total. The highest BCUT2D eigenvalue weighted by Gasteiger charge is 2.13. The van der Waals surface area contributed by atoms with Gasteiger partial charge in [-0.2, -0.15) is 0 Å². The Labute approximate surface area is 140 Å². The number of anilines is 1. The zero-order chi connectivity index (χ0) is 16.2. The molecule has 120 valence electrons. The molecule has 3 rings (SSSR count). The standard InChI is InChI=1S/C18H18ClFN2O/c19-17-11-14(20)6-7-16(17)18(23)21-15-5-3-4-13(10-15)12-22-8-1-2-9-22/h3-7,10-11H,1-2,8-9,12H2,(H,21,23). The van der Waals surface area contributed by atoms with E-state index in [1.165, 1.54) is 25.0 Å². The van der Waals surface area contributed by atoms with Gasteiger partial charge in [0.05, 0.1) is 10.6 Å². The molecule has 1 amide bonds. The van der Waals surface area contributed by atoms with Crippen LogP contribution < -0.4 is 5.32 Å². The predicted molar refractivity (Wildman–Crippen MR) is 90.3 cm³/mol. The molecule has 0 spiro atoms. The van der Waals surface area contributed by atoms with Crippen molar-refractivity contribution >= 4 is 23.2 Å². The van der Waals surface area contributed by atoms with Gasteiger partial charge in [0, 0.05) is 12.2 Å². The van der Waals surface area contributed by atoms with E-state index in [1.54, 1.807) is 0 Å². The lowest BCUT2D eigenvalue weighted by atomic mass is 10.1. The van der Waals surface area contributed by atoms with Gasteiger partial charge in [-0.05, 0) is 61.8 Å². The van der Waals surface area contributed by atoms with Crippen molar-refractivity contribution in [1.29, 1.82) is 0 Å². The van der Waals surface area contributed by atoms with E-state index in [9.17, 15) is 9.18 Å². The van der Waals surface area contributed by atoms with Crippen molar-refractivity contribution < 1.29 is 9.18 Å². The van der Waals surface area contributed by atoms with Gasteiger partial charge in [-0.1, -0.05) is 23.7 Å². The van der Waals surface area contributed by atoms with Crippen LogP contribution in [0.5, 0.6) is 0 Å². The summed E-state index contributed by atoms with van der Waals surface area (Å²) in [5, 5.41) is 2.93. The zero-order valence-corrected chi connectivity index (χ0v) is 13.4. The molecule has 0 radical (unpaired) electrons. The number of likely N-dealkylation sites (tertiary alicyclic amines) is 1. The highest BCUT2D eigenvalue weighted by atomic mass is 35.5. The maximum Gasteiger partial charge on any atom is 0.257 e. The van der Waals surface area contributed by atoms with Crippen LogP contribution in [0.15, 0.2) is 42.5 Å². The molecule has 0 aromatic heterocycles. The van der Waals surface area contributed by atoms with Gasteiger partial charge in [0.25, 0.3) is 5.91 Å². The summed E-state index contributed by atoms with van der Waals surface area (Å²) in [6, 6.07) is 11.5. The van der Waals surface area contributed by atoms with Gasteiger partial charge in [-0.3, -0.25) is 9.69 Å². The normalized spacial score (nSPS) is 14.9. The molecule has 23 heavy (non-hydrogen) atoms. The number of nitrogens with one attached hydrogen (secondary N) is 1. The lowest BCUT2D eigenvalue weighted by Gasteiger charge is -2.15. The molecule has 2 aromatic rings. The van der Waals surface area contributed by atoms with Gasteiger partial charge in [0.1, 0.15) is 5.82 Å². The quantitative estimate of drug-likeness (QED) is 0.904. The Bertz CT molecular complexity index is 714. The van der Waals surface area contributed by atoms with E-state index in [0.29, 0.717) is 5.69 Å². The van der Waals surface area contributed by atoms with Crippen molar-refractivity contribution in [3.8, 4) is 0 Å². The molecule has 0 bridgehead atoms. The summed E-state index contributed by atoms with van der Waals surface area (Å²) in [6.07, 6.45) is 2.50.